The van der Waals surface area contributed by atoms with E-state index in [2.05, 4.69) is 4.98 Å². The Balaban J connectivity index is 2.43. The predicted molar refractivity (Wildman–Crippen MR) is 52.9 cm³/mol. The average Bonchev–Trinajstić information content (AvgIpc) is 2.66. The lowest BCUT2D eigenvalue weighted by molar-refractivity contribution is 0.112. The van der Waals surface area contributed by atoms with Crippen LogP contribution in [0.4, 0.5) is 4.39 Å². The number of halogens is 1. The molecule has 0 spiro atoms. The van der Waals surface area contributed by atoms with Crippen LogP contribution in [0.5, 0.6) is 0 Å². The summed E-state index contributed by atoms with van der Waals surface area (Å²) in [5.74, 6) is -0.374. The molecule has 0 saturated heterocycles. The molecule has 0 unspecified atom stereocenters. The van der Waals surface area contributed by atoms with Gasteiger partial charge in [-0.25, -0.2) is 4.39 Å². The topological polar surface area (TPSA) is 30.0 Å². The number of hydrogen-bond acceptors (Lipinski definition) is 3. The maximum atomic E-state index is 12.8. The van der Waals surface area contributed by atoms with Crippen molar-refractivity contribution in [3.05, 3.63) is 40.6 Å². The Kier molecular flexibility index (Phi) is 2.37. The van der Waals surface area contributed by atoms with Crippen molar-refractivity contribution in [1.29, 1.82) is 0 Å². The summed E-state index contributed by atoms with van der Waals surface area (Å²) in [6.07, 6.45) is 3.50. The van der Waals surface area contributed by atoms with Gasteiger partial charge in [-0.2, -0.15) is 0 Å². The van der Waals surface area contributed by atoms with Gasteiger partial charge in [0.05, 0.1) is 11.1 Å². The Hall–Kier alpha value is -1.55. The van der Waals surface area contributed by atoms with E-state index in [0.29, 0.717) is 10.4 Å². The Bertz CT molecular complexity index is 467. The van der Waals surface area contributed by atoms with Gasteiger partial charge in [0, 0.05) is 11.8 Å². The van der Waals surface area contributed by atoms with Crippen molar-refractivity contribution in [2.75, 3.05) is 0 Å². The molecule has 0 amide bonds. The Morgan fingerprint density at radius 2 is 2.14 bits per heavy atom. The average molecular weight is 207 g/mol. The lowest BCUT2D eigenvalue weighted by Gasteiger charge is -1.95. The van der Waals surface area contributed by atoms with E-state index in [9.17, 15) is 9.18 Å². The SMILES string of the molecule is O=Cc1cc(-c2cncc(F)c2)cs1. The van der Waals surface area contributed by atoms with Crippen molar-refractivity contribution < 1.29 is 9.18 Å². The van der Waals surface area contributed by atoms with Gasteiger partial charge in [0.25, 0.3) is 0 Å². The van der Waals surface area contributed by atoms with Crippen LogP contribution in [0.2, 0.25) is 0 Å². The molecular weight excluding hydrogens is 201 g/mol. The van der Waals surface area contributed by atoms with E-state index < -0.39 is 0 Å². The van der Waals surface area contributed by atoms with Crippen LogP contribution in [0.15, 0.2) is 29.9 Å². The lowest BCUT2D eigenvalue weighted by Crippen LogP contribution is -1.80. The van der Waals surface area contributed by atoms with Gasteiger partial charge < -0.3 is 0 Å². The summed E-state index contributed by atoms with van der Waals surface area (Å²) in [7, 11) is 0. The highest BCUT2D eigenvalue weighted by Crippen LogP contribution is 2.24. The number of rotatable bonds is 2. The number of pyridine rings is 1. The van der Waals surface area contributed by atoms with E-state index in [1.165, 1.54) is 17.4 Å². The fourth-order valence-electron chi connectivity index (χ4n) is 1.14. The summed E-state index contributed by atoms with van der Waals surface area (Å²) in [5, 5.41) is 1.81. The van der Waals surface area contributed by atoms with Crippen LogP contribution >= 0.6 is 11.3 Å². The van der Waals surface area contributed by atoms with Crippen molar-refractivity contribution in [1.82, 2.24) is 4.98 Å². The molecule has 2 heterocycles. The highest BCUT2D eigenvalue weighted by molar-refractivity contribution is 7.12. The largest absolute Gasteiger partial charge is 0.297 e. The number of carbonyl (C=O) groups excluding carboxylic acids is 1. The molecule has 0 aliphatic rings. The van der Waals surface area contributed by atoms with E-state index in [1.54, 1.807) is 17.6 Å². The lowest BCUT2D eigenvalue weighted by atomic mass is 10.1. The van der Waals surface area contributed by atoms with Gasteiger partial charge in [0.2, 0.25) is 0 Å². The predicted octanol–water partition coefficient (Wildman–Crippen LogP) is 2.76. The first-order valence-corrected chi connectivity index (χ1v) is 4.82. The van der Waals surface area contributed by atoms with E-state index >= 15 is 0 Å². The van der Waals surface area contributed by atoms with Crippen molar-refractivity contribution >= 4 is 17.6 Å². The smallest absolute Gasteiger partial charge is 0.160 e. The molecule has 0 aliphatic carbocycles. The van der Waals surface area contributed by atoms with E-state index in [-0.39, 0.29) is 5.82 Å². The fraction of sp³-hybridized carbons (Fsp3) is 0. The van der Waals surface area contributed by atoms with Crippen LogP contribution < -0.4 is 0 Å². The second kappa shape index (κ2) is 3.67. The number of thiophene rings is 1. The first-order valence-electron chi connectivity index (χ1n) is 3.94. The van der Waals surface area contributed by atoms with Crippen molar-refractivity contribution in [2.45, 2.75) is 0 Å². The maximum Gasteiger partial charge on any atom is 0.160 e. The Labute approximate surface area is 84.0 Å². The van der Waals surface area contributed by atoms with Crippen LogP contribution in [0.1, 0.15) is 9.67 Å². The maximum absolute atomic E-state index is 12.8. The number of nitrogens with zero attached hydrogens (tertiary/aromatic N) is 1. The molecule has 2 nitrogen and oxygen atoms in total. The molecule has 0 radical (unpaired) electrons. The summed E-state index contributed by atoms with van der Waals surface area (Å²) < 4.78 is 12.8. The van der Waals surface area contributed by atoms with Crippen LogP contribution in [0.25, 0.3) is 11.1 Å². The molecule has 0 atom stereocenters. The molecule has 0 fully saturated rings. The number of hydrogen-bond donors (Lipinski definition) is 0. The van der Waals surface area contributed by atoms with E-state index in [1.807, 2.05) is 0 Å². The summed E-state index contributed by atoms with van der Waals surface area (Å²) in [6.45, 7) is 0. The van der Waals surface area contributed by atoms with Crippen molar-refractivity contribution in [2.24, 2.45) is 0 Å². The van der Waals surface area contributed by atoms with Crippen molar-refractivity contribution in [3.8, 4) is 11.1 Å². The first-order chi connectivity index (χ1) is 6.79. The third kappa shape index (κ3) is 1.70. The normalized spacial score (nSPS) is 10.1. The minimum atomic E-state index is -0.374. The Morgan fingerprint density at radius 3 is 2.79 bits per heavy atom. The molecule has 0 bridgehead atoms. The molecule has 0 N–H and O–H groups in total. The highest BCUT2D eigenvalue weighted by atomic mass is 32.1. The minimum Gasteiger partial charge on any atom is -0.297 e. The summed E-state index contributed by atoms with van der Waals surface area (Å²) in [5.41, 5.74) is 1.51. The number of carbonyl (C=O) groups is 1. The van der Waals surface area contributed by atoms with Gasteiger partial charge in [-0.05, 0) is 23.1 Å². The number of aldehydes is 1. The fourth-order valence-corrected chi connectivity index (χ4v) is 1.85. The molecule has 2 aromatic heterocycles. The first kappa shape index (κ1) is 9.02. The third-order valence-corrected chi connectivity index (χ3v) is 2.63. The molecule has 2 rings (SSSR count). The summed E-state index contributed by atoms with van der Waals surface area (Å²) in [6, 6.07) is 3.11. The standard InChI is InChI=1S/C10H6FNOS/c11-9-1-7(3-12-4-9)8-2-10(5-13)14-6-8/h1-6H. The van der Waals surface area contributed by atoms with Crippen LogP contribution in [-0.4, -0.2) is 11.3 Å². The Morgan fingerprint density at radius 1 is 1.29 bits per heavy atom. The van der Waals surface area contributed by atoms with E-state index in [0.717, 1.165) is 18.0 Å². The zero-order valence-electron chi connectivity index (χ0n) is 7.11. The number of aromatic nitrogens is 1. The second-order valence-corrected chi connectivity index (χ2v) is 3.69. The van der Waals surface area contributed by atoms with Gasteiger partial charge in [-0.3, -0.25) is 9.78 Å². The monoisotopic (exact) mass is 207 g/mol. The molecule has 0 aliphatic heterocycles. The third-order valence-electron chi connectivity index (χ3n) is 1.77. The van der Waals surface area contributed by atoms with Crippen LogP contribution in [0, 0.1) is 5.82 Å². The molecule has 4 heteroatoms. The van der Waals surface area contributed by atoms with Crippen LogP contribution in [0.3, 0.4) is 0 Å². The van der Waals surface area contributed by atoms with Gasteiger partial charge in [0.1, 0.15) is 5.82 Å². The van der Waals surface area contributed by atoms with E-state index in [4.69, 9.17) is 0 Å². The summed E-state index contributed by atoms with van der Waals surface area (Å²) >= 11 is 1.33. The second-order valence-electron chi connectivity index (χ2n) is 2.75. The van der Waals surface area contributed by atoms with Crippen LogP contribution in [-0.2, 0) is 0 Å². The zero-order chi connectivity index (χ0) is 9.97. The minimum absolute atomic E-state index is 0.374. The van der Waals surface area contributed by atoms with Crippen molar-refractivity contribution in [3.63, 3.8) is 0 Å². The summed E-state index contributed by atoms with van der Waals surface area (Å²) in [4.78, 5) is 14.8. The molecule has 0 saturated carbocycles. The molecule has 0 aromatic carbocycles. The zero-order valence-corrected chi connectivity index (χ0v) is 7.92. The quantitative estimate of drug-likeness (QED) is 0.709. The molecular formula is C10H6FNOS. The van der Waals surface area contributed by atoms with Gasteiger partial charge >= 0.3 is 0 Å². The van der Waals surface area contributed by atoms with Gasteiger partial charge in [-0.1, -0.05) is 0 Å². The molecule has 14 heavy (non-hydrogen) atoms. The van der Waals surface area contributed by atoms with Gasteiger partial charge in [-0.15, -0.1) is 11.3 Å². The van der Waals surface area contributed by atoms with Gasteiger partial charge in [0.15, 0.2) is 6.29 Å². The highest BCUT2D eigenvalue weighted by Gasteiger charge is 2.02. The molecule has 70 valence electrons. The molecule has 2 aromatic rings.